The molecule has 6 heteroatoms. The van der Waals surface area contributed by atoms with Crippen molar-refractivity contribution in [1.82, 2.24) is 10.2 Å². The Hall–Kier alpha value is -1.30. The van der Waals surface area contributed by atoms with Crippen molar-refractivity contribution >= 4 is 18.3 Å². The number of methoxy groups -OCH3 is 1. The predicted molar refractivity (Wildman–Crippen MR) is 96.1 cm³/mol. The topological polar surface area (TPSA) is 50.8 Å². The van der Waals surface area contributed by atoms with Crippen LogP contribution in [0.3, 0.4) is 0 Å². The Bertz CT molecular complexity index is 537. The Labute approximate surface area is 150 Å². The second kappa shape index (κ2) is 8.70. The molecule has 2 heterocycles. The quantitative estimate of drug-likeness (QED) is 0.825. The SMILES string of the molecule is COCCOc1ccccc1C(=O)N1CCC2(CCNC2)CC1.Cl. The number of amides is 1. The predicted octanol–water partition coefficient (Wildman–Crippen LogP) is 2.35. The monoisotopic (exact) mass is 354 g/mol. The van der Waals surface area contributed by atoms with E-state index in [0.717, 1.165) is 39.0 Å². The van der Waals surface area contributed by atoms with Gasteiger partial charge in [-0.1, -0.05) is 12.1 Å². The third-order valence-electron chi connectivity index (χ3n) is 5.11. The minimum absolute atomic E-state index is 0. The molecule has 0 aromatic heterocycles. The van der Waals surface area contributed by atoms with Crippen molar-refractivity contribution in [1.29, 1.82) is 0 Å². The zero-order valence-corrected chi connectivity index (χ0v) is 15.1. The fraction of sp³-hybridized carbons (Fsp3) is 0.611. The number of nitrogens with one attached hydrogen (secondary N) is 1. The maximum atomic E-state index is 12.9. The van der Waals surface area contributed by atoms with Crippen LogP contribution in [0.1, 0.15) is 29.6 Å². The van der Waals surface area contributed by atoms with E-state index in [1.165, 1.54) is 6.42 Å². The second-order valence-corrected chi connectivity index (χ2v) is 6.56. The lowest BCUT2D eigenvalue weighted by atomic mass is 9.78. The minimum Gasteiger partial charge on any atom is -0.490 e. The van der Waals surface area contributed by atoms with Gasteiger partial charge in [0.25, 0.3) is 5.91 Å². The largest absolute Gasteiger partial charge is 0.490 e. The van der Waals surface area contributed by atoms with Crippen molar-refractivity contribution in [3.8, 4) is 5.75 Å². The highest BCUT2D eigenvalue weighted by molar-refractivity contribution is 5.97. The van der Waals surface area contributed by atoms with Gasteiger partial charge in [-0.05, 0) is 43.4 Å². The summed E-state index contributed by atoms with van der Waals surface area (Å²) in [7, 11) is 1.64. The minimum atomic E-state index is 0. The molecule has 24 heavy (non-hydrogen) atoms. The number of piperidine rings is 1. The molecule has 0 aliphatic carbocycles. The molecule has 0 saturated carbocycles. The summed E-state index contributed by atoms with van der Waals surface area (Å²) in [6, 6.07) is 7.50. The number of carbonyl (C=O) groups excluding carboxylic acids is 1. The number of benzene rings is 1. The molecular formula is C18H27ClN2O3. The van der Waals surface area contributed by atoms with Crippen LogP contribution in [0.25, 0.3) is 0 Å². The van der Waals surface area contributed by atoms with Gasteiger partial charge in [-0.2, -0.15) is 0 Å². The van der Waals surface area contributed by atoms with Crippen LogP contribution in [0.5, 0.6) is 5.75 Å². The number of carbonyl (C=O) groups is 1. The third-order valence-corrected chi connectivity index (χ3v) is 5.11. The standard InChI is InChI=1S/C18H26N2O3.ClH/c1-22-12-13-23-16-5-3-2-4-15(16)17(21)20-10-7-18(8-11-20)6-9-19-14-18;/h2-5,19H,6-14H2,1H3;1H. The van der Waals surface area contributed by atoms with E-state index < -0.39 is 0 Å². The molecule has 0 unspecified atom stereocenters. The highest BCUT2D eigenvalue weighted by Crippen LogP contribution is 2.37. The summed E-state index contributed by atoms with van der Waals surface area (Å²) in [5.41, 5.74) is 1.08. The third kappa shape index (κ3) is 4.21. The van der Waals surface area contributed by atoms with E-state index in [1.54, 1.807) is 7.11 Å². The van der Waals surface area contributed by atoms with Crippen LogP contribution in [-0.2, 0) is 4.74 Å². The number of rotatable bonds is 5. The second-order valence-electron chi connectivity index (χ2n) is 6.56. The molecule has 0 radical (unpaired) electrons. The molecule has 5 nitrogen and oxygen atoms in total. The van der Waals surface area contributed by atoms with E-state index in [2.05, 4.69) is 5.32 Å². The van der Waals surface area contributed by atoms with Gasteiger partial charge in [-0.3, -0.25) is 4.79 Å². The van der Waals surface area contributed by atoms with Crippen molar-refractivity contribution in [2.45, 2.75) is 19.3 Å². The molecule has 134 valence electrons. The van der Waals surface area contributed by atoms with E-state index in [-0.39, 0.29) is 18.3 Å². The van der Waals surface area contributed by atoms with Crippen LogP contribution < -0.4 is 10.1 Å². The first-order chi connectivity index (χ1) is 11.2. The summed E-state index contributed by atoms with van der Waals surface area (Å²) >= 11 is 0. The Kier molecular flexibility index (Phi) is 6.90. The van der Waals surface area contributed by atoms with Crippen molar-refractivity contribution in [2.75, 3.05) is 46.5 Å². The Morgan fingerprint density at radius 2 is 1.96 bits per heavy atom. The van der Waals surface area contributed by atoms with Gasteiger partial charge in [-0.15, -0.1) is 12.4 Å². The molecule has 0 atom stereocenters. The Balaban J connectivity index is 0.00000208. The summed E-state index contributed by atoms with van der Waals surface area (Å²) in [4.78, 5) is 14.8. The molecule has 0 bridgehead atoms. The lowest BCUT2D eigenvalue weighted by molar-refractivity contribution is 0.0601. The van der Waals surface area contributed by atoms with Crippen LogP contribution in [0.15, 0.2) is 24.3 Å². The summed E-state index contributed by atoms with van der Waals surface area (Å²) < 4.78 is 10.7. The molecule has 2 aliphatic heterocycles. The number of halogens is 1. The van der Waals surface area contributed by atoms with Gasteiger partial charge in [0.05, 0.1) is 12.2 Å². The fourth-order valence-corrected chi connectivity index (χ4v) is 3.58. The molecule has 3 rings (SSSR count). The van der Waals surface area contributed by atoms with Gasteiger partial charge in [0.15, 0.2) is 0 Å². The molecule has 2 fully saturated rings. The lowest BCUT2D eigenvalue weighted by Gasteiger charge is -2.39. The highest BCUT2D eigenvalue weighted by atomic mass is 35.5. The molecule has 1 amide bonds. The van der Waals surface area contributed by atoms with Crippen LogP contribution in [0.4, 0.5) is 0 Å². The van der Waals surface area contributed by atoms with E-state index in [9.17, 15) is 4.79 Å². The summed E-state index contributed by atoms with van der Waals surface area (Å²) in [5.74, 6) is 0.733. The maximum absolute atomic E-state index is 12.9. The fourth-order valence-electron chi connectivity index (χ4n) is 3.58. The van der Waals surface area contributed by atoms with Crippen molar-refractivity contribution in [3.63, 3.8) is 0 Å². The van der Waals surface area contributed by atoms with Gasteiger partial charge in [0.2, 0.25) is 0 Å². The summed E-state index contributed by atoms with van der Waals surface area (Å²) in [6.07, 6.45) is 3.43. The number of likely N-dealkylation sites (tertiary alicyclic amines) is 1. The average Bonchev–Trinajstić information content (AvgIpc) is 3.04. The van der Waals surface area contributed by atoms with Gasteiger partial charge < -0.3 is 19.7 Å². The molecular weight excluding hydrogens is 328 g/mol. The van der Waals surface area contributed by atoms with Gasteiger partial charge in [0, 0.05) is 26.7 Å². The summed E-state index contributed by atoms with van der Waals surface area (Å²) in [6.45, 7) is 4.87. The number of para-hydroxylation sites is 1. The number of nitrogens with zero attached hydrogens (tertiary/aromatic N) is 1. The van der Waals surface area contributed by atoms with Crippen LogP contribution in [0.2, 0.25) is 0 Å². The van der Waals surface area contributed by atoms with Crippen LogP contribution >= 0.6 is 12.4 Å². The highest BCUT2D eigenvalue weighted by Gasteiger charge is 2.38. The van der Waals surface area contributed by atoms with Gasteiger partial charge in [-0.25, -0.2) is 0 Å². The van der Waals surface area contributed by atoms with E-state index in [0.29, 0.717) is 29.9 Å². The van der Waals surface area contributed by atoms with Crippen molar-refractivity contribution in [2.24, 2.45) is 5.41 Å². The molecule has 1 aromatic rings. The zero-order valence-electron chi connectivity index (χ0n) is 14.3. The molecule has 2 aliphatic rings. The Morgan fingerprint density at radius 1 is 1.21 bits per heavy atom. The number of ether oxygens (including phenoxy) is 2. The first-order valence-electron chi connectivity index (χ1n) is 8.45. The van der Waals surface area contributed by atoms with E-state index >= 15 is 0 Å². The van der Waals surface area contributed by atoms with E-state index in [4.69, 9.17) is 9.47 Å². The average molecular weight is 355 g/mol. The zero-order chi connectivity index (χ0) is 16.1. The number of hydrogen-bond acceptors (Lipinski definition) is 4. The summed E-state index contributed by atoms with van der Waals surface area (Å²) in [5, 5.41) is 3.46. The first kappa shape index (κ1) is 19.0. The van der Waals surface area contributed by atoms with Crippen LogP contribution in [-0.4, -0.2) is 57.3 Å². The molecule has 1 aromatic carbocycles. The van der Waals surface area contributed by atoms with Gasteiger partial charge >= 0.3 is 0 Å². The lowest BCUT2D eigenvalue weighted by Crippen LogP contribution is -2.44. The van der Waals surface area contributed by atoms with Crippen LogP contribution in [0, 0.1) is 5.41 Å². The van der Waals surface area contributed by atoms with E-state index in [1.807, 2.05) is 29.2 Å². The first-order valence-corrected chi connectivity index (χ1v) is 8.45. The Morgan fingerprint density at radius 3 is 2.62 bits per heavy atom. The maximum Gasteiger partial charge on any atom is 0.257 e. The molecule has 2 saturated heterocycles. The smallest absolute Gasteiger partial charge is 0.257 e. The molecule has 1 N–H and O–H groups in total. The molecule has 1 spiro atoms. The normalized spacial score (nSPS) is 19.1. The van der Waals surface area contributed by atoms with Gasteiger partial charge in [0.1, 0.15) is 12.4 Å². The van der Waals surface area contributed by atoms with Crippen molar-refractivity contribution in [3.05, 3.63) is 29.8 Å². The van der Waals surface area contributed by atoms with Crippen molar-refractivity contribution < 1.29 is 14.3 Å². The number of hydrogen-bond donors (Lipinski definition) is 1.